The normalized spacial score (nSPS) is 32.5. The van der Waals surface area contributed by atoms with Crippen molar-refractivity contribution >= 4 is 29.9 Å². The molecule has 1 saturated carbocycles. The third-order valence-electron chi connectivity index (χ3n) is 4.57. The zero-order valence-electron chi connectivity index (χ0n) is 11.2. The van der Waals surface area contributed by atoms with Crippen LogP contribution in [0.15, 0.2) is 4.99 Å². The number of nitrogens with zero attached hydrogens (tertiary/aromatic N) is 2. The topological polar surface area (TPSA) is 36.9 Å². The molecule has 3 rings (SSSR count). The molecule has 5 heteroatoms. The number of rotatable bonds is 1. The Morgan fingerprint density at radius 2 is 2.22 bits per heavy atom. The summed E-state index contributed by atoms with van der Waals surface area (Å²) in [7, 11) is 1.90. The van der Waals surface area contributed by atoms with Crippen LogP contribution in [0.2, 0.25) is 0 Å². The first kappa shape index (κ1) is 14.4. The molecular formula is C13H24IN3O. The Labute approximate surface area is 127 Å². The van der Waals surface area contributed by atoms with Crippen LogP contribution in [-0.4, -0.2) is 50.3 Å². The molecule has 0 aromatic carbocycles. The van der Waals surface area contributed by atoms with E-state index in [-0.39, 0.29) is 24.0 Å². The van der Waals surface area contributed by atoms with E-state index in [4.69, 9.17) is 4.74 Å². The summed E-state index contributed by atoms with van der Waals surface area (Å²) in [5.41, 5.74) is 0.428. The molecule has 1 spiro atoms. The fourth-order valence-electron chi connectivity index (χ4n) is 3.12. The lowest BCUT2D eigenvalue weighted by molar-refractivity contribution is 0.156. The first-order valence-corrected chi connectivity index (χ1v) is 6.87. The Kier molecular flexibility index (Phi) is 4.75. The van der Waals surface area contributed by atoms with E-state index >= 15 is 0 Å². The molecule has 2 heterocycles. The summed E-state index contributed by atoms with van der Waals surface area (Å²) >= 11 is 0. The van der Waals surface area contributed by atoms with Gasteiger partial charge < -0.3 is 15.0 Å². The van der Waals surface area contributed by atoms with Gasteiger partial charge in [-0.3, -0.25) is 4.99 Å². The Morgan fingerprint density at radius 1 is 1.39 bits per heavy atom. The summed E-state index contributed by atoms with van der Waals surface area (Å²) in [5, 5.41) is 3.59. The molecule has 3 fully saturated rings. The lowest BCUT2D eigenvalue weighted by atomic mass is 9.87. The van der Waals surface area contributed by atoms with E-state index < -0.39 is 0 Å². The average molecular weight is 365 g/mol. The molecular weight excluding hydrogens is 341 g/mol. The van der Waals surface area contributed by atoms with Gasteiger partial charge in [-0.2, -0.15) is 0 Å². The molecule has 1 atom stereocenters. The zero-order valence-corrected chi connectivity index (χ0v) is 13.5. The van der Waals surface area contributed by atoms with Crippen LogP contribution >= 0.6 is 24.0 Å². The maximum atomic E-state index is 5.57. The van der Waals surface area contributed by atoms with Gasteiger partial charge in [-0.15, -0.1) is 24.0 Å². The summed E-state index contributed by atoms with van der Waals surface area (Å²) in [5.74, 6) is 1.11. The van der Waals surface area contributed by atoms with E-state index in [1.165, 1.54) is 32.1 Å². The molecule has 1 aliphatic carbocycles. The average Bonchev–Trinajstić information content (AvgIpc) is 2.89. The highest BCUT2D eigenvalue weighted by Crippen LogP contribution is 2.38. The van der Waals surface area contributed by atoms with Crippen LogP contribution < -0.4 is 5.32 Å². The molecule has 1 unspecified atom stereocenters. The molecule has 0 aromatic rings. The smallest absolute Gasteiger partial charge is 0.193 e. The van der Waals surface area contributed by atoms with Gasteiger partial charge in [0.15, 0.2) is 5.96 Å². The van der Waals surface area contributed by atoms with Crippen molar-refractivity contribution < 1.29 is 4.74 Å². The highest BCUT2D eigenvalue weighted by Gasteiger charge is 2.42. The van der Waals surface area contributed by atoms with Crippen molar-refractivity contribution in [3.8, 4) is 0 Å². The molecule has 2 aliphatic heterocycles. The van der Waals surface area contributed by atoms with E-state index in [9.17, 15) is 0 Å². The summed E-state index contributed by atoms with van der Waals surface area (Å²) < 4.78 is 5.57. The van der Waals surface area contributed by atoms with Crippen molar-refractivity contribution in [3.05, 3.63) is 0 Å². The number of aliphatic imine (C=N–C) groups is 1. The second-order valence-electron chi connectivity index (χ2n) is 5.79. The van der Waals surface area contributed by atoms with Gasteiger partial charge in [0.1, 0.15) is 0 Å². The molecule has 0 aromatic heterocycles. The lowest BCUT2D eigenvalue weighted by Gasteiger charge is -2.32. The van der Waals surface area contributed by atoms with Crippen LogP contribution in [0.1, 0.15) is 32.1 Å². The highest BCUT2D eigenvalue weighted by atomic mass is 127. The minimum Gasteiger partial charge on any atom is -0.381 e. The van der Waals surface area contributed by atoms with Gasteiger partial charge in [-0.05, 0) is 32.1 Å². The zero-order chi connectivity index (χ0) is 11.7. The first-order valence-electron chi connectivity index (χ1n) is 6.87. The van der Waals surface area contributed by atoms with Gasteiger partial charge >= 0.3 is 0 Å². The predicted molar refractivity (Wildman–Crippen MR) is 83.6 cm³/mol. The Hall–Kier alpha value is -0.0400. The monoisotopic (exact) mass is 365 g/mol. The number of guanidine groups is 1. The van der Waals surface area contributed by atoms with E-state index in [1.54, 1.807) is 0 Å². The van der Waals surface area contributed by atoms with Crippen molar-refractivity contribution in [2.45, 2.75) is 38.1 Å². The van der Waals surface area contributed by atoms with Crippen LogP contribution in [-0.2, 0) is 4.74 Å². The Balaban J connectivity index is 0.00000120. The van der Waals surface area contributed by atoms with Gasteiger partial charge in [-0.25, -0.2) is 0 Å². The maximum Gasteiger partial charge on any atom is 0.193 e. The first-order chi connectivity index (χ1) is 8.31. The third kappa shape index (κ3) is 2.76. The van der Waals surface area contributed by atoms with Crippen molar-refractivity contribution in [1.29, 1.82) is 0 Å². The molecule has 0 bridgehead atoms. The molecule has 0 amide bonds. The van der Waals surface area contributed by atoms with Gasteiger partial charge in [0.25, 0.3) is 0 Å². The second-order valence-corrected chi connectivity index (χ2v) is 5.79. The minimum absolute atomic E-state index is 0. The molecule has 18 heavy (non-hydrogen) atoms. The van der Waals surface area contributed by atoms with Crippen molar-refractivity contribution in [3.63, 3.8) is 0 Å². The number of hydrogen-bond donors (Lipinski definition) is 1. The Morgan fingerprint density at radius 3 is 2.78 bits per heavy atom. The van der Waals surface area contributed by atoms with Crippen LogP contribution in [0.25, 0.3) is 0 Å². The van der Waals surface area contributed by atoms with Crippen LogP contribution in [0.4, 0.5) is 0 Å². The second kappa shape index (κ2) is 5.94. The molecule has 3 aliphatic rings. The van der Waals surface area contributed by atoms with E-state index in [1.807, 2.05) is 7.05 Å². The third-order valence-corrected chi connectivity index (χ3v) is 4.57. The van der Waals surface area contributed by atoms with Gasteiger partial charge in [0.05, 0.1) is 6.61 Å². The number of hydrogen-bond acceptors (Lipinski definition) is 2. The summed E-state index contributed by atoms with van der Waals surface area (Å²) in [4.78, 5) is 6.86. The van der Waals surface area contributed by atoms with Gasteiger partial charge in [0, 0.05) is 38.2 Å². The van der Waals surface area contributed by atoms with Gasteiger partial charge in [0.2, 0.25) is 0 Å². The maximum absolute atomic E-state index is 5.57. The van der Waals surface area contributed by atoms with Crippen LogP contribution in [0.3, 0.4) is 0 Å². The van der Waals surface area contributed by atoms with Crippen molar-refractivity contribution in [2.75, 3.05) is 33.4 Å². The van der Waals surface area contributed by atoms with E-state index in [0.717, 1.165) is 32.3 Å². The van der Waals surface area contributed by atoms with Crippen molar-refractivity contribution in [2.24, 2.45) is 10.4 Å². The number of ether oxygens (including phenoxy) is 1. The van der Waals surface area contributed by atoms with Crippen molar-refractivity contribution in [1.82, 2.24) is 10.2 Å². The molecule has 1 N–H and O–H groups in total. The largest absolute Gasteiger partial charge is 0.381 e. The molecule has 0 radical (unpaired) electrons. The Bertz CT molecular complexity index is 311. The molecule has 4 nitrogen and oxygen atoms in total. The standard InChI is InChI=1S/C13H23N3O.HI/c1-14-12(15-11-3-2-4-11)16-7-5-13(9-16)6-8-17-10-13;/h11H,2-10H2,1H3,(H,14,15);1H. The highest BCUT2D eigenvalue weighted by molar-refractivity contribution is 14.0. The fraction of sp³-hybridized carbons (Fsp3) is 0.923. The van der Waals surface area contributed by atoms with E-state index in [2.05, 4.69) is 15.2 Å². The molecule has 104 valence electrons. The SMILES string of the molecule is CN=C(NC1CCC1)N1CCC2(CCOC2)C1.I. The quantitative estimate of drug-likeness (QED) is 0.438. The summed E-state index contributed by atoms with van der Waals surface area (Å²) in [6, 6.07) is 0.671. The number of halogens is 1. The lowest BCUT2D eigenvalue weighted by Crippen LogP contribution is -2.48. The fourth-order valence-corrected chi connectivity index (χ4v) is 3.12. The minimum atomic E-state index is 0. The van der Waals surface area contributed by atoms with E-state index in [0.29, 0.717) is 11.5 Å². The number of likely N-dealkylation sites (tertiary alicyclic amines) is 1. The number of nitrogens with one attached hydrogen (secondary N) is 1. The van der Waals surface area contributed by atoms with Gasteiger partial charge in [-0.1, -0.05) is 0 Å². The summed E-state index contributed by atoms with van der Waals surface area (Å²) in [6.45, 7) is 4.15. The predicted octanol–water partition coefficient (Wildman–Crippen LogP) is 1.84. The van der Waals surface area contributed by atoms with Crippen LogP contribution in [0.5, 0.6) is 0 Å². The molecule has 2 saturated heterocycles. The van der Waals surface area contributed by atoms with Crippen LogP contribution in [0, 0.1) is 5.41 Å². The summed E-state index contributed by atoms with van der Waals surface area (Å²) in [6.07, 6.45) is 6.47.